The van der Waals surface area contributed by atoms with Crippen molar-refractivity contribution in [3.63, 3.8) is 0 Å². The van der Waals surface area contributed by atoms with E-state index in [9.17, 15) is 9.59 Å². The first kappa shape index (κ1) is 21.4. The van der Waals surface area contributed by atoms with Crippen LogP contribution in [0.1, 0.15) is 17.3 Å². The summed E-state index contributed by atoms with van der Waals surface area (Å²) in [5.41, 5.74) is 1.73. The minimum atomic E-state index is -0.707. The fourth-order valence-corrected chi connectivity index (χ4v) is 2.93. The lowest BCUT2D eigenvalue weighted by Crippen LogP contribution is -2.30. The number of carbonyl (C=O) groups is 2. The molecule has 0 aliphatic rings. The van der Waals surface area contributed by atoms with Crippen molar-refractivity contribution in [2.24, 2.45) is 0 Å². The molecule has 0 aromatic heterocycles. The number of hydrogen-bond donors (Lipinski definition) is 2. The second-order valence-electron chi connectivity index (χ2n) is 6.44. The Morgan fingerprint density at radius 3 is 2.23 bits per heavy atom. The average molecular weight is 469 g/mol. The van der Waals surface area contributed by atoms with E-state index >= 15 is 0 Å². The Labute approximate surface area is 183 Å². The Balaban J connectivity index is 1.58. The zero-order chi connectivity index (χ0) is 21.5. The van der Waals surface area contributed by atoms with E-state index in [1.165, 1.54) is 0 Å². The van der Waals surface area contributed by atoms with Crippen molar-refractivity contribution in [2.75, 3.05) is 17.7 Å². The number of nitrogens with one attached hydrogen (secondary N) is 2. The van der Waals surface area contributed by atoms with Crippen molar-refractivity contribution in [1.82, 2.24) is 0 Å². The van der Waals surface area contributed by atoms with E-state index in [2.05, 4.69) is 26.6 Å². The standard InChI is InChI=1S/C23H21BrN2O4/c1-15(22(27)25-18-11-9-17(24)10-12-18)30-19-13-7-16(8-14-19)23(28)26-20-5-3-4-6-21(20)29-2/h3-15H,1-2H3,(H,25,27)(H,26,28). The number of benzene rings is 3. The third-order valence-electron chi connectivity index (χ3n) is 4.27. The predicted octanol–water partition coefficient (Wildman–Crippen LogP) is 5.12. The van der Waals surface area contributed by atoms with Crippen molar-refractivity contribution < 1.29 is 19.1 Å². The van der Waals surface area contributed by atoms with E-state index in [4.69, 9.17) is 9.47 Å². The number of carbonyl (C=O) groups excluding carboxylic acids is 2. The summed E-state index contributed by atoms with van der Waals surface area (Å²) in [7, 11) is 1.55. The molecule has 0 aliphatic carbocycles. The molecule has 3 aromatic carbocycles. The third-order valence-corrected chi connectivity index (χ3v) is 4.79. The Morgan fingerprint density at radius 1 is 0.900 bits per heavy atom. The molecule has 1 atom stereocenters. The van der Waals surface area contributed by atoms with E-state index in [1.807, 2.05) is 24.3 Å². The van der Waals surface area contributed by atoms with Crippen LogP contribution in [0.2, 0.25) is 0 Å². The van der Waals surface area contributed by atoms with Crippen LogP contribution in [0, 0.1) is 0 Å². The zero-order valence-electron chi connectivity index (χ0n) is 16.5. The molecule has 3 rings (SSSR count). The topological polar surface area (TPSA) is 76.7 Å². The summed E-state index contributed by atoms with van der Waals surface area (Å²) in [6.07, 6.45) is -0.707. The van der Waals surface area contributed by atoms with Gasteiger partial charge in [0.2, 0.25) is 0 Å². The van der Waals surface area contributed by atoms with Crippen LogP contribution in [-0.4, -0.2) is 25.0 Å². The summed E-state index contributed by atoms with van der Waals surface area (Å²) in [6.45, 7) is 1.66. The number of para-hydroxylation sites is 2. The monoisotopic (exact) mass is 468 g/mol. The summed E-state index contributed by atoms with van der Waals surface area (Å²) in [5, 5.41) is 5.61. The van der Waals surface area contributed by atoms with Gasteiger partial charge in [0.15, 0.2) is 6.10 Å². The molecular formula is C23H21BrN2O4. The van der Waals surface area contributed by atoms with Gasteiger partial charge in [0.25, 0.3) is 11.8 Å². The van der Waals surface area contributed by atoms with Crippen molar-refractivity contribution in [3.8, 4) is 11.5 Å². The van der Waals surface area contributed by atoms with Gasteiger partial charge in [0.1, 0.15) is 11.5 Å². The maximum absolute atomic E-state index is 12.5. The Hall–Kier alpha value is -3.32. The molecule has 0 bridgehead atoms. The number of halogens is 1. The molecule has 0 heterocycles. The molecule has 2 amide bonds. The van der Waals surface area contributed by atoms with Gasteiger partial charge in [-0.25, -0.2) is 0 Å². The van der Waals surface area contributed by atoms with Gasteiger partial charge in [-0.1, -0.05) is 28.1 Å². The van der Waals surface area contributed by atoms with E-state index < -0.39 is 6.10 Å². The van der Waals surface area contributed by atoms with Crippen LogP contribution >= 0.6 is 15.9 Å². The van der Waals surface area contributed by atoms with Crippen molar-refractivity contribution in [2.45, 2.75) is 13.0 Å². The summed E-state index contributed by atoms with van der Waals surface area (Å²) < 4.78 is 11.9. The molecular weight excluding hydrogens is 448 g/mol. The van der Waals surface area contributed by atoms with Gasteiger partial charge in [-0.05, 0) is 67.6 Å². The van der Waals surface area contributed by atoms with Gasteiger partial charge in [0.05, 0.1) is 12.8 Å². The molecule has 0 saturated carbocycles. The molecule has 1 unspecified atom stereocenters. The normalized spacial score (nSPS) is 11.3. The van der Waals surface area contributed by atoms with Crippen LogP contribution in [-0.2, 0) is 4.79 Å². The highest BCUT2D eigenvalue weighted by Gasteiger charge is 2.15. The second kappa shape index (κ2) is 9.93. The number of rotatable bonds is 7. The largest absolute Gasteiger partial charge is 0.495 e. The van der Waals surface area contributed by atoms with Gasteiger partial charge < -0.3 is 20.1 Å². The lowest BCUT2D eigenvalue weighted by molar-refractivity contribution is -0.122. The molecule has 30 heavy (non-hydrogen) atoms. The highest BCUT2D eigenvalue weighted by atomic mass is 79.9. The van der Waals surface area contributed by atoms with Crippen LogP contribution < -0.4 is 20.1 Å². The maximum atomic E-state index is 12.5. The van der Waals surface area contributed by atoms with Crippen molar-refractivity contribution >= 4 is 39.1 Å². The van der Waals surface area contributed by atoms with Crippen LogP contribution in [0.25, 0.3) is 0 Å². The van der Waals surface area contributed by atoms with Crippen LogP contribution in [0.15, 0.2) is 77.3 Å². The third kappa shape index (κ3) is 5.61. The van der Waals surface area contributed by atoms with Crippen molar-refractivity contribution in [3.05, 3.63) is 82.8 Å². The minimum Gasteiger partial charge on any atom is -0.495 e. The maximum Gasteiger partial charge on any atom is 0.265 e. The van der Waals surface area contributed by atoms with Crippen LogP contribution in [0.3, 0.4) is 0 Å². The Bertz CT molecular complexity index is 1020. The lowest BCUT2D eigenvalue weighted by Gasteiger charge is -2.15. The van der Waals surface area contributed by atoms with E-state index in [0.29, 0.717) is 28.4 Å². The predicted molar refractivity (Wildman–Crippen MR) is 120 cm³/mol. The average Bonchev–Trinajstić information content (AvgIpc) is 2.76. The quantitative estimate of drug-likeness (QED) is 0.504. The molecule has 0 aliphatic heterocycles. The number of amides is 2. The van der Waals surface area contributed by atoms with Gasteiger partial charge in [-0.3, -0.25) is 9.59 Å². The van der Waals surface area contributed by atoms with Crippen LogP contribution in [0.5, 0.6) is 11.5 Å². The van der Waals surface area contributed by atoms with E-state index in [-0.39, 0.29) is 11.8 Å². The van der Waals surface area contributed by atoms with Gasteiger partial charge in [-0.15, -0.1) is 0 Å². The number of ether oxygens (including phenoxy) is 2. The minimum absolute atomic E-state index is 0.268. The van der Waals surface area contributed by atoms with Crippen molar-refractivity contribution in [1.29, 1.82) is 0 Å². The van der Waals surface area contributed by atoms with Gasteiger partial charge >= 0.3 is 0 Å². The first-order valence-electron chi connectivity index (χ1n) is 9.24. The summed E-state index contributed by atoms with van der Waals surface area (Å²) >= 11 is 3.35. The fraction of sp³-hybridized carbons (Fsp3) is 0.130. The molecule has 0 saturated heterocycles. The zero-order valence-corrected chi connectivity index (χ0v) is 18.1. The number of methoxy groups -OCH3 is 1. The highest BCUT2D eigenvalue weighted by molar-refractivity contribution is 9.10. The molecule has 6 nitrogen and oxygen atoms in total. The SMILES string of the molecule is COc1ccccc1NC(=O)c1ccc(OC(C)C(=O)Nc2ccc(Br)cc2)cc1. The second-order valence-corrected chi connectivity index (χ2v) is 7.35. The number of hydrogen-bond acceptors (Lipinski definition) is 4. The first-order chi connectivity index (χ1) is 14.5. The molecule has 7 heteroatoms. The van der Waals surface area contributed by atoms with Crippen LogP contribution in [0.4, 0.5) is 11.4 Å². The molecule has 0 fully saturated rings. The molecule has 3 aromatic rings. The fourth-order valence-electron chi connectivity index (χ4n) is 2.66. The summed E-state index contributed by atoms with van der Waals surface area (Å²) in [6, 6.07) is 21.0. The van der Waals surface area contributed by atoms with E-state index in [0.717, 1.165) is 4.47 Å². The highest BCUT2D eigenvalue weighted by Crippen LogP contribution is 2.24. The molecule has 0 radical (unpaired) electrons. The smallest absolute Gasteiger partial charge is 0.265 e. The first-order valence-corrected chi connectivity index (χ1v) is 10.0. The molecule has 0 spiro atoms. The van der Waals surface area contributed by atoms with E-state index in [1.54, 1.807) is 62.6 Å². The Kier molecular flexibility index (Phi) is 7.08. The lowest BCUT2D eigenvalue weighted by atomic mass is 10.2. The summed E-state index contributed by atoms with van der Waals surface area (Å²) in [4.78, 5) is 24.8. The number of anilines is 2. The molecule has 2 N–H and O–H groups in total. The van der Waals surface area contributed by atoms with Gasteiger partial charge in [0, 0.05) is 15.7 Å². The van der Waals surface area contributed by atoms with Gasteiger partial charge in [-0.2, -0.15) is 0 Å². The molecule has 154 valence electrons. The Morgan fingerprint density at radius 2 is 1.57 bits per heavy atom. The summed E-state index contributed by atoms with van der Waals surface area (Å²) in [5.74, 6) is 0.529.